The maximum absolute atomic E-state index is 13.3. The zero-order valence-electron chi connectivity index (χ0n) is 11.4. The number of alkyl halides is 2. The van der Waals surface area contributed by atoms with E-state index in [0.29, 0.717) is 43.0 Å². The van der Waals surface area contributed by atoms with Gasteiger partial charge in [-0.3, -0.25) is 4.79 Å². The molecule has 21 heavy (non-hydrogen) atoms. The van der Waals surface area contributed by atoms with Gasteiger partial charge in [0.05, 0.1) is 0 Å². The smallest absolute Gasteiger partial charge is 0.254 e. The fourth-order valence-electron chi connectivity index (χ4n) is 3.27. The van der Waals surface area contributed by atoms with E-state index in [4.69, 9.17) is 9.47 Å². The van der Waals surface area contributed by atoms with Gasteiger partial charge in [0, 0.05) is 30.5 Å². The lowest BCUT2D eigenvalue weighted by atomic mass is 9.92. The van der Waals surface area contributed by atoms with E-state index in [1.54, 1.807) is 23.1 Å². The van der Waals surface area contributed by atoms with Crippen molar-refractivity contribution < 1.29 is 23.0 Å². The highest BCUT2D eigenvalue weighted by molar-refractivity contribution is 5.95. The topological polar surface area (TPSA) is 38.8 Å². The first kappa shape index (κ1) is 12.9. The van der Waals surface area contributed by atoms with Gasteiger partial charge in [-0.2, -0.15) is 0 Å². The van der Waals surface area contributed by atoms with Crippen molar-refractivity contribution in [3.63, 3.8) is 0 Å². The van der Waals surface area contributed by atoms with Gasteiger partial charge in [0.1, 0.15) is 0 Å². The molecular weight excluding hydrogens is 280 g/mol. The standard InChI is InChI=1S/C15H15F2NO3/c16-15(17)8-14(15)3-5-18(6-4-14)13(19)10-1-2-11-12(7-10)21-9-20-11/h1-2,7H,3-6,8-9H2. The molecule has 2 heterocycles. The molecule has 1 aromatic carbocycles. The van der Waals surface area contributed by atoms with Gasteiger partial charge in [0.25, 0.3) is 11.8 Å². The molecule has 0 radical (unpaired) electrons. The van der Waals surface area contributed by atoms with Crippen LogP contribution in [0.2, 0.25) is 0 Å². The summed E-state index contributed by atoms with van der Waals surface area (Å²) in [6.07, 6.45) is 0.749. The number of hydrogen-bond donors (Lipinski definition) is 0. The van der Waals surface area contributed by atoms with Crippen LogP contribution >= 0.6 is 0 Å². The first-order valence-corrected chi connectivity index (χ1v) is 7.08. The van der Waals surface area contributed by atoms with Crippen molar-refractivity contribution in [3.8, 4) is 11.5 Å². The Morgan fingerprint density at radius 3 is 2.48 bits per heavy atom. The van der Waals surface area contributed by atoms with Crippen LogP contribution in [-0.2, 0) is 0 Å². The SMILES string of the molecule is O=C(c1ccc2c(c1)OCO2)N1CCC2(CC1)CC2(F)F. The van der Waals surface area contributed by atoms with Crippen molar-refractivity contribution in [2.75, 3.05) is 19.9 Å². The van der Waals surface area contributed by atoms with Gasteiger partial charge in [0.15, 0.2) is 11.5 Å². The highest BCUT2D eigenvalue weighted by Gasteiger charge is 2.70. The predicted octanol–water partition coefficient (Wildman–Crippen LogP) is 2.68. The Morgan fingerprint density at radius 1 is 1.14 bits per heavy atom. The van der Waals surface area contributed by atoms with Crippen molar-refractivity contribution in [2.45, 2.75) is 25.2 Å². The van der Waals surface area contributed by atoms with Crippen molar-refractivity contribution in [3.05, 3.63) is 23.8 Å². The molecule has 1 saturated heterocycles. The normalized spacial score (nSPS) is 24.2. The monoisotopic (exact) mass is 295 g/mol. The number of hydrogen-bond acceptors (Lipinski definition) is 3. The van der Waals surface area contributed by atoms with Gasteiger partial charge < -0.3 is 14.4 Å². The minimum Gasteiger partial charge on any atom is -0.454 e. The average Bonchev–Trinajstić information content (AvgIpc) is 2.85. The summed E-state index contributed by atoms with van der Waals surface area (Å²) in [6.45, 7) is 0.944. The molecule has 112 valence electrons. The molecule has 4 rings (SSSR count). The number of amides is 1. The van der Waals surface area contributed by atoms with Crippen LogP contribution in [0.25, 0.3) is 0 Å². The summed E-state index contributed by atoms with van der Waals surface area (Å²) in [4.78, 5) is 14.1. The number of halogens is 2. The average molecular weight is 295 g/mol. The zero-order valence-corrected chi connectivity index (χ0v) is 11.4. The van der Waals surface area contributed by atoms with E-state index >= 15 is 0 Å². The van der Waals surface area contributed by atoms with Crippen molar-refractivity contribution in [2.24, 2.45) is 5.41 Å². The van der Waals surface area contributed by atoms with Crippen LogP contribution in [0, 0.1) is 5.41 Å². The number of likely N-dealkylation sites (tertiary alicyclic amines) is 1. The predicted molar refractivity (Wildman–Crippen MR) is 69.7 cm³/mol. The Hall–Kier alpha value is -1.85. The van der Waals surface area contributed by atoms with E-state index in [1.165, 1.54) is 0 Å². The third-order valence-corrected chi connectivity index (χ3v) is 4.84. The van der Waals surface area contributed by atoms with E-state index in [2.05, 4.69) is 0 Å². The Kier molecular flexibility index (Phi) is 2.50. The maximum atomic E-state index is 13.3. The van der Waals surface area contributed by atoms with Gasteiger partial charge >= 0.3 is 0 Å². The summed E-state index contributed by atoms with van der Waals surface area (Å²) in [7, 11) is 0. The van der Waals surface area contributed by atoms with Crippen molar-refractivity contribution >= 4 is 5.91 Å². The molecule has 3 aliphatic rings. The molecule has 1 aliphatic carbocycles. The number of nitrogens with zero attached hydrogens (tertiary/aromatic N) is 1. The maximum Gasteiger partial charge on any atom is 0.254 e. The fourth-order valence-corrected chi connectivity index (χ4v) is 3.27. The minimum absolute atomic E-state index is 0.0218. The number of carbonyl (C=O) groups is 1. The first-order chi connectivity index (χ1) is 10.0. The molecule has 0 N–H and O–H groups in total. The molecule has 1 saturated carbocycles. The number of rotatable bonds is 1. The lowest BCUT2D eigenvalue weighted by Crippen LogP contribution is -2.40. The quantitative estimate of drug-likeness (QED) is 0.799. The van der Waals surface area contributed by atoms with Crippen molar-refractivity contribution in [1.82, 2.24) is 4.90 Å². The van der Waals surface area contributed by atoms with Gasteiger partial charge in [-0.05, 0) is 31.0 Å². The summed E-state index contributed by atoms with van der Waals surface area (Å²) in [5, 5.41) is 0. The number of piperidine rings is 1. The molecule has 1 spiro atoms. The van der Waals surface area contributed by atoms with E-state index in [9.17, 15) is 13.6 Å². The zero-order chi connectivity index (χ0) is 14.7. The third-order valence-electron chi connectivity index (χ3n) is 4.84. The molecule has 1 amide bonds. The summed E-state index contributed by atoms with van der Waals surface area (Å²) < 4.78 is 37.1. The van der Waals surface area contributed by atoms with E-state index in [0.717, 1.165) is 0 Å². The summed E-state index contributed by atoms with van der Waals surface area (Å²) in [5.74, 6) is -1.47. The number of carbonyl (C=O) groups excluding carboxylic acids is 1. The van der Waals surface area contributed by atoms with E-state index < -0.39 is 11.3 Å². The van der Waals surface area contributed by atoms with Crippen LogP contribution < -0.4 is 9.47 Å². The summed E-state index contributed by atoms with van der Waals surface area (Å²) in [5.41, 5.74) is -0.323. The number of ether oxygens (including phenoxy) is 2. The summed E-state index contributed by atoms with van der Waals surface area (Å²) >= 11 is 0. The van der Waals surface area contributed by atoms with Crippen LogP contribution in [0.3, 0.4) is 0 Å². The molecule has 0 aromatic heterocycles. The molecule has 4 nitrogen and oxygen atoms in total. The highest BCUT2D eigenvalue weighted by atomic mass is 19.3. The Morgan fingerprint density at radius 2 is 1.81 bits per heavy atom. The van der Waals surface area contributed by atoms with Crippen LogP contribution in [0.1, 0.15) is 29.6 Å². The molecule has 2 fully saturated rings. The molecule has 0 unspecified atom stereocenters. The van der Waals surface area contributed by atoms with Gasteiger partial charge in [-0.15, -0.1) is 0 Å². The summed E-state index contributed by atoms with van der Waals surface area (Å²) in [6, 6.07) is 5.04. The largest absolute Gasteiger partial charge is 0.454 e. The third kappa shape index (κ3) is 1.88. The Labute approximate surface area is 120 Å². The molecular formula is C15H15F2NO3. The second kappa shape index (κ2) is 4.08. The van der Waals surface area contributed by atoms with Gasteiger partial charge in [-0.1, -0.05) is 0 Å². The number of fused-ring (bicyclic) bond motifs is 1. The highest BCUT2D eigenvalue weighted by Crippen LogP contribution is 2.65. The number of benzene rings is 1. The van der Waals surface area contributed by atoms with E-state index in [1.807, 2.05) is 0 Å². The molecule has 1 aromatic rings. The van der Waals surface area contributed by atoms with Crippen LogP contribution in [0.15, 0.2) is 18.2 Å². The fraction of sp³-hybridized carbons (Fsp3) is 0.533. The second-order valence-corrected chi connectivity index (χ2v) is 6.02. The Bertz CT molecular complexity index is 609. The van der Waals surface area contributed by atoms with Crippen LogP contribution in [0.5, 0.6) is 11.5 Å². The molecule has 0 bridgehead atoms. The van der Waals surface area contributed by atoms with Crippen LogP contribution in [-0.4, -0.2) is 36.6 Å². The van der Waals surface area contributed by atoms with Crippen LogP contribution in [0.4, 0.5) is 8.78 Å². The molecule has 0 atom stereocenters. The lowest BCUT2D eigenvalue weighted by molar-refractivity contribution is 0.0284. The minimum atomic E-state index is -2.53. The van der Waals surface area contributed by atoms with Crippen molar-refractivity contribution in [1.29, 1.82) is 0 Å². The second-order valence-electron chi connectivity index (χ2n) is 6.02. The first-order valence-electron chi connectivity index (χ1n) is 7.08. The molecule has 2 aliphatic heterocycles. The van der Waals surface area contributed by atoms with E-state index in [-0.39, 0.29) is 19.1 Å². The van der Waals surface area contributed by atoms with Gasteiger partial charge in [0.2, 0.25) is 6.79 Å². The Balaban J connectivity index is 1.47. The molecule has 6 heteroatoms. The lowest BCUT2D eigenvalue weighted by Gasteiger charge is -2.32. The van der Waals surface area contributed by atoms with Gasteiger partial charge in [-0.25, -0.2) is 8.78 Å².